The molecule has 0 heterocycles. The highest BCUT2D eigenvalue weighted by atomic mass is 79.9. The van der Waals surface area contributed by atoms with E-state index < -0.39 is 11.7 Å². The molecule has 0 aliphatic heterocycles. The first-order valence-electron chi connectivity index (χ1n) is 8.37. The molecule has 0 bridgehead atoms. The fraction of sp³-hybridized carbons (Fsp3) is 0.368. The van der Waals surface area contributed by atoms with Crippen molar-refractivity contribution < 1.29 is 17.9 Å². The van der Waals surface area contributed by atoms with Crippen molar-refractivity contribution in [2.45, 2.75) is 31.9 Å². The second kappa shape index (κ2) is 10.3. The summed E-state index contributed by atoms with van der Waals surface area (Å²) in [5, 5.41) is 9.01. The maximum atomic E-state index is 12.5. The van der Waals surface area contributed by atoms with Gasteiger partial charge in [0.15, 0.2) is 0 Å². The maximum absolute atomic E-state index is 12.5. The van der Waals surface area contributed by atoms with Crippen molar-refractivity contribution in [2.75, 3.05) is 11.9 Å². The Morgan fingerprint density at radius 1 is 0.769 bits per heavy atom. The van der Waals surface area contributed by atoms with Crippen LogP contribution < -0.4 is 4.74 Å². The maximum Gasteiger partial charge on any atom is 0.416 e. The minimum absolute atomic E-state index is 0.363. The van der Waals surface area contributed by atoms with Gasteiger partial charge in [-0.3, -0.25) is 0 Å². The number of ether oxygens (including phenoxy) is 1. The van der Waals surface area contributed by atoms with E-state index in [0.717, 1.165) is 36.1 Å². The fourth-order valence-corrected chi connectivity index (χ4v) is 2.58. The summed E-state index contributed by atoms with van der Waals surface area (Å²) in [6.07, 6.45) is 0.184. The van der Waals surface area contributed by atoms with Crippen LogP contribution in [0.4, 0.5) is 24.5 Å². The molecule has 0 aliphatic carbocycles. The summed E-state index contributed by atoms with van der Waals surface area (Å²) >= 11 is 3.41. The van der Waals surface area contributed by atoms with Gasteiger partial charge < -0.3 is 4.74 Å². The normalized spacial score (nSPS) is 11.8. The minimum Gasteiger partial charge on any atom is -0.494 e. The Hall–Kier alpha value is -1.89. The van der Waals surface area contributed by atoms with Crippen LogP contribution in [0.5, 0.6) is 5.75 Å². The van der Waals surface area contributed by atoms with Crippen molar-refractivity contribution in [3.8, 4) is 5.75 Å². The highest BCUT2D eigenvalue weighted by Crippen LogP contribution is 2.30. The van der Waals surface area contributed by atoms with Gasteiger partial charge in [0.2, 0.25) is 0 Å². The van der Waals surface area contributed by atoms with Crippen LogP contribution >= 0.6 is 15.9 Å². The highest BCUT2D eigenvalue weighted by molar-refractivity contribution is 9.09. The van der Waals surface area contributed by atoms with Gasteiger partial charge in [-0.25, -0.2) is 0 Å². The molecular formula is C19H20BrF3N2O. The third kappa shape index (κ3) is 7.15. The van der Waals surface area contributed by atoms with Crippen molar-refractivity contribution in [3.63, 3.8) is 0 Å². The molecule has 0 fully saturated rings. The molecule has 0 unspecified atom stereocenters. The number of azo groups is 1. The summed E-state index contributed by atoms with van der Waals surface area (Å²) in [6.45, 7) is 0.675. The van der Waals surface area contributed by atoms with E-state index in [1.165, 1.54) is 25.0 Å². The molecule has 26 heavy (non-hydrogen) atoms. The average Bonchev–Trinajstić information content (AvgIpc) is 2.63. The highest BCUT2D eigenvalue weighted by Gasteiger charge is 2.29. The Labute approximate surface area is 159 Å². The van der Waals surface area contributed by atoms with Gasteiger partial charge in [0, 0.05) is 5.33 Å². The fourth-order valence-electron chi connectivity index (χ4n) is 2.18. The summed E-state index contributed by atoms with van der Waals surface area (Å²) in [5.41, 5.74) is 0.265. The molecule has 0 spiro atoms. The summed E-state index contributed by atoms with van der Waals surface area (Å²) < 4.78 is 43.2. The Kier molecular flexibility index (Phi) is 8.09. The molecule has 0 saturated heterocycles. The minimum atomic E-state index is -4.35. The van der Waals surface area contributed by atoms with Gasteiger partial charge in [-0.1, -0.05) is 28.8 Å². The van der Waals surface area contributed by atoms with Crippen LogP contribution in [-0.4, -0.2) is 11.9 Å². The van der Waals surface area contributed by atoms with E-state index in [1.54, 1.807) is 24.3 Å². The number of alkyl halides is 4. The molecule has 3 nitrogen and oxygen atoms in total. The second-order valence-electron chi connectivity index (χ2n) is 5.69. The molecular weight excluding hydrogens is 409 g/mol. The van der Waals surface area contributed by atoms with Crippen LogP contribution in [0.25, 0.3) is 0 Å². The van der Waals surface area contributed by atoms with Crippen LogP contribution in [0, 0.1) is 0 Å². The van der Waals surface area contributed by atoms with E-state index in [4.69, 9.17) is 4.74 Å². The summed E-state index contributed by atoms with van der Waals surface area (Å²) in [5.74, 6) is 0.763. The molecule has 0 aliphatic rings. The van der Waals surface area contributed by atoms with E-state index in [9.17, 15) is 13.2 Å². The van der Waals surface area contributed by atoms with Crippen molar-refractivity contribution >= 4 is 27.3 Å². The molecule has 0 saturated carbocycles. The lowest BCUT2D eigenvalue weighted by Gasteiger charge is -2.06. The quantitative estimate of drug-likeness (QED) is 0.232. The van der Waals surface area contributed by atoms with Crippen LogP contribution in [0.3, 0.4) is 0 Å². The van der Waals surface area contributed by atoms with Gasteiger partial charge in [-0.2, -0.15) is 23.4 Å². The lowest BCUT2D eigenvalue weighted by Crippen LogP contribution is -2.03. The van der Waals surface area contributed by atoms with E-state index in [2.05, 4.69) is 26.2 Å². The smallest absolute Gasteiger partial charge is 0.416 e. The summed E-state index contributed by atoms with van der Waals surface area (Å²) in [7, 11) is 0. The molecule has 2 aromatic rings. The molecule has 0 amide bonds. The molecule has 2 aromatic carbocycles. The summed E-state index contributed by atoms with van der Waals surface area (Å²) in [6, 6.07) is 11.7. The number of hydrogen-bond donors (Lipinski definition) is 0. The van der Waals surface area contributed by atoms with Crippen molar-refractivity contribution in [3.05, 3.63) is 54.1 Å². The Balaban J connectivity index is 1.82. The third-order valence-corrected chi connectivity index (χ3v) is 4.17. The first-order chi connectivity index (χ1) is 12.5. The zero-order chi connectivity index (χ0) is 18.8. The van der Waals surface area contributed by atoms with Crippen LogP contribution in [-0.2, 0) is 6.18 Å². The first kappa shape index (κ1) is 20.4. The SMILES string of the molecule is FC(F)(F)c1ccc(N=Nc2ccc(OCCCCCCBr)cc2)cc1. The van der Waals surface area contributed by atoms with Crippen LogP contribution in [0.15, 0.2) is 58.8 Å². The Morgan fingerprint density at radius 3 is 1.85 bits per heavy atom. The lowest BCUT2D eigenvalue weighted by atomic mass is 10.2. The molecule has 0 radical (unpaired) electrons. The van der Waals surface area contributed by atoms with Crippen molar-refractivity contribution in [2.24, 2.45) is 10.2 Å². The number of benzene rings is 2. The number of hydrogen-bond acceptors (Lipinski definition) is 3. The predicted molar refractivity (Wildman–Crippen MR) is 99.8 cm³/mol. The molecule has 0 aromatic heterocycles. The van der Waals surface area contributed by atoms with Gasteiger partial charge in [0.05, 0.1) is 23.5 Å². The summed E-state index contributed by atoms with van der Waals surface area (Å²) in [4.78, 5) is 0. The number of rotatable bonds is 9. The average molecular weight is 429 g/mol. The zero-order valence-corrected chi connectivity index (χ0v) is 15.8. The Morgan fingerprint density at radius 2 is 1.31 bits per heavy atom. The lowest BCUT2D eigenvalue weighted by molar-refractivity contribution is -0.137. The van der Waals surface area contributed by atoms with Crippen LogP contribution in [0.1, 0.15) is 31.2 Å². The predicted octanol–water partition coefficient (Wildman–Crippen LogP) is 7.45. The molecule has 0 atom stereocenters. The number of halogens is 4. The van der Waals surface area contributed by atoms with Gasteiger partial charge in [-0.05, 0) is 61.4 Å². The largest absolute Gasteiger partial charge is 0.494 e. The first-order valence-corrected chi connectivity index (χ1v) is 9.49. The van der Waals surface area contributed by atoms with E-state index in [0.29, 0.717) is 18.0 Å². The number of unbranched alkanes of at least 4 members (excludes halogenated alkanes) is 3. The Bertz CT molecular complexity index is 685. The van der Waals surface area contributed by atoms with E-state index in [1.807, 2.05) is 0 Å². The van der Waals surface area contributed by atoms with Gasteiger partial charge in [0.25, 0.3) is 0 Å². The molecule has 140 valence electrons. The van der Waals surface area contributed by atoms with Gasteiger partial charge >= 0.3 is 6.18 Å². The molecule has 2 rings (SSSR count). The van der Waals surface area contributed by atoms with Crippen LogP contribution in [0.2, 0.25) is 0 Å². The van der Waals surface area contributed by atoms with Gasteiger partial charge in [-0.15, -0.1) is 0 Å². The standard InChI is InChI=1S/C19H20BrF3N2O/c20-13-3-1-2-4-14-26-18-11-9-17(10-12-18)25-24-16-7-5-15(6-8-16)19(21,22)23/h5-12H,1-4,13-14H2. The second-order valence-corrected chi connectivity index (χ2v) is 6.48. The zero-order valence-electron chi connectivity index (χ0n) is 14.2. The molecule has 0 N–H and O–H groups in total. The molecule has 7 heteroatoms. The van der Waals surface area contributed by atoms with Crippen molar-refractivity contribution in [1.82, 2.24) is 0 Å². The third-order valence-electron chi connectivity index (χ3n) is 3.61. The van der Waals surface area contributed by atoms with E-state index >= 15 is 0 Å². The van der Waals surface area contributed by atoms with Crippen molar-refractivity contribution in [1.29, 1.82) is 0 Å². The topological polar surface area (TPSA) is 34.0 Å². The van der Waals surface area contributed by atoms with E-state index in [-0.39, 0.29) is 0 Å². The van der Waals surface area contributed by atoms with Gasteiger partial charge in [0.1, 0.15) is 5.75 Å². The monoisotopic (exact) mass is 428 g/mol. The number of nitrogens with zero attached hydrogens (tertiary/aromatic N) is 2.